The van der Waals surface area contributed by atoms with Crippen molar-refractivity contribution >= 4 is 17.5 Å². The van der Waals surface area contributed by atoms with Gasteiger partial charge in [-0.05, 0) is 24.3 Å². The van der Waals surface area contributed by atoms with Crippen LogP contribution in [0.2, 0.25) is 5.02 Å². The lowest BCUT2D eigenvalue weighted by Crippen LogP contribution is -2.12. The van der Waals surface area contributed by atoms with Gasteiger partial charge in [0.25, 0.3) is 0 Å². The van der Waals surface area contributed by atoms with Gasteiger partial charge in [0.2, 0.25) is 5.95 Å². The first-order chi connectivity index (χ1) is 8.71. The number of ether oxygens (including phenoxy) is 2. The van der Waals surface area contributed by atoms with E-state index in [1.165, 1.54) is 7.11 Å². The van der Waals surface area contributed by atoms with Crippen LogP contribution in [0.3, 0.4) is 0 Å². The summed E-state index contributed by atoms with van der Waals surface area (Å²) >= 11 is 5.77. The van der Waals surface area contributed by atoms with Gasteiger partial charge in [0.1, 0.15) is 5.75 Å². The maximum Gasteiger partial charge on any atom is 0.330 e. The van der Waals surface area contributed by atoms with Crippen LogP contribution in [-0.2, 0) is 0 Å². The molecule has 0 saturated heterocycles. The van der Waals surface area contributed by atoms with E-state index in [0.717, 1.165) is 0 Å². The maximum atomic E-state index is 5.77. The van der Waals surface area contributed by atoms with Gasteiger partial charge in [-0.15, -0.1) is 4.98 Å². The Bertz CT molecular complexity index is 512. The molecule has 0 fully saturated rings. The van der Waals surface area contributed by atoms with E-state index in [4.69, 9.17) is 26.9 Å². The normalized spacial score (nSPS) is 9.94. The minimum atomic E-state index is 0.0668. The molecular formula is C10H10ClN5O2. The second-order valence-corrected chi connectivity index (χ2v) is 3.57. The molecule has 2 rings (SSSR count). The molecule has 0 spiro atoms. The summed E-state index contributed by atoms with van der Waals surface area (Å²) in [4.78, 5) is 11.7. The molecule has 7 nitrogen and oxygen atoms in total. The van der Waals surface area contributed by atoms with Crippen molar-refractivity contribution in [2.75, 3.05) is 12.5 Å². The molecule has 0 aliphatic carbocycles. The summed E-state index contributed by atoms with van der Waals surface area (Å²) in [7, 11) is 1.43. The van der Waals surface area contributed by atoms with E-state index < -0.39 is 0 Å². The first-order valence-electron chi connectivity index (χ1n) is 4.91. The van der Waals surface area contributed by atoms with Crippen molar-refractivity contribution in [1.82, 2.24) is 15.0 Å². The number of hydrogen-bond acceptors (Lipinski definition) is 7. The number of methoxy groups -OCH3 is 1. The average molecular weight is 268 g/mol. The smallest absolute Gasteiger partial charge is 0.330 e. The third kappa shape index (κ3) is 2.96. The van der Waals surface area contributed by atoms with Crippen LogP contribution in [0.4, 0.5) is 5.95 Å². The van der Waals surface area contributed by atoms with Gasteiger partial charge in [-0.1, -0.05) is 11.6 Å². The highest BCUT2D eigenvalue weighted by atomic mass is 35.5. The molecule has 0 radical (unpaired) electrons. The van der Waals surface area contributed by atoms with Crippen LogP contribution in [0.1, 0.15) is 0 Å². The second kappa shape index (κ2) is 5.48. The van der Waals surface area contributed by atoms with Crippen LogP contribution in [0.15, 0.2) is 24.3 Å². The lowest BCUT2D eigenvalue weighted by atomic mass is 10.3. The molecule has 18 heavy (non-hydrogen) atoms. The van der Waals surface area contributed by atoms with Crippen LogP contribution in [-0.4, -0.2) is 22.1 Å². The number of benzene rings is 1. The van der Waals surface area contributed by atoms with Crippen LogP contribution in [0.25, 0.3) is 0 Å². The highest BCUT2D eigenvalue weighted by Crippen LogP contribution is 2.21. The van der Waals surface area contributed by atoms with Crippen molar-refractivity contribution in [2.24, 2.45) is 5.84 Å². The Kier molecular flexibility index (Phi) is 3.75. The minimum Gasteiger partial charge on any atom is -0.467 e. The molecule has 94 valence electrons. The predicted octanol–water partition coefficient (Wildman–Crippen LogP) is 1.61. The van der Waals surface area contributed by atoms with Crippen molar-refractivity contribution in [3.05, 3.63) is 29.3 Å². The van der Waals surface area contributed by atoms with Crippen molar-refractivity contribution in [1.29, 1.82) is 0 Å². The molecule has 0 aliphatic heterocycles. The zero-order valence-electron chi connectivity index (χ0n) is 9.42. The van der Waals surface area contributed by atoms with Gasteiger partial charge in [0.15, 0.2) is 0 Å². The summed E-state index contributed by atoms with van der Waals surface area (Å²) < 4.78 is 10.3. The Morgan fingerprint density at radius 2 is 1.78 bits per heavy atom. The number of nitrogens with zero attached hydrogens (tertiary/aromatic N) is 3. The van der Waals surface area contributed by atoms with Crippen molar-refractivity contribution in [3.63, 3.8) is 0 Å². The number of hydrogen-bond donors (Lipinski definition) is 2. The molecule has 1 heterocycles. The molecular weight excluding hydrogens is 258 g/mol. The molecule has 0 unspecified atom stereocenters. The summed E-state index contributed by atoms with van der Waals surface area (Å²) in [6.45, 7) is 0. The largest absolute Gasteiger partial charge is 0.467 e. The van der Waals surface area contributed by atoms with Gasteiger partial charge in [0, 0.05) is 5.02 Å². The number of hydrazine groups is 1. The van der Waals surface area contributed by atoms with E-state index in [1.54, 1.807) is 24.3 Å². The van der Waals surface area contributed by atoms with Gasteiger partial charge >= 0.3 is 12.0 Å². The number of halogens is 1. The number of nitrogen functional groups attached to an aromatic ring is 1. The van der Waals surface area contributed by atoms with Crippen molar-refractivity contribution in [2.45, 2.75) is 0 Å². The van der Waals surface area contributed by atoms with E-state index in [0.29, 0.717) is 10.8 Å². The van der Waals surface area contributed by atoms with E-state index >= 15 is 0 Å². The summed E-state index contributed by atoms with van der Waals surface area (Å²) in [6, 6.07) is 6.93. The van der Waals surface area contributed by atoms with E-state index in [9.17, 15) is 0 Å². The van der Waals surface area contributed by atoms with E-state index in [-0.39, 0.29) is 18.0 Å². The summed E-state index contributed by atoms with van der Waals surface area (Å²) in [5.74, 6) is 5.91. The Hall–Kier alpha value is -2.12. The van der Waals surface area contributed by atoms with Gasteiger partial charge in [0.05, 0.1) is 7.11 Å². The molecule has 0 amide bonds. The summed E-state index contributed by atoms with van der Waals surface area (Å²) in [5, 5.41) is 0.611. The SMILES string of the molecule is COc1nc(NN)nc(Oc2ccc(Cl)cc2)n1. The van der Waals surface area contributed by atoms with Crippen LogP contribution in [0.5, 0.6) is 17.8 Å². The van der Waals surface area contributed by atoms with Crippen LogP contribution in [0, 0.1) is 0 Å². The topological polar surface area (TPSA) is 95.2 Å². The van der Waals surface area contributed by atoms with Gasteiger partial charge in [-0.3, -0.25) is 5.43 Å². The molecule has 1 aromatic heterocycles. The molecule has 1 aromatic carbocycles. The monoisotopic (exact) mass is 267 g/mol. The number of nitrogens with two attached hydrogens (primary N) is 1. The van der Waals surface area contributed by atoms with Crippen molar-refractivity contribution in [3.8, 4) is 17.8 Å². The number of aromatic nitrogens is 3. The first-order valence-corrected chi connectivity index (χ1v) is 5.29. The number of rotatable bonds is 4. The van der Waals surface area contributed by atoms with Gasteiger partial charge in [-0.25, -0.2) is 5.84 Å². The van der Waals surface area contributed by atoms with Crippen LogP contribution < -0.4 is 20.7 Å². The molecule has 0 atom stereocenters. The Balaban J connectivity index is 2.25. The highest BCUT2D eigenvalue weighted by molar-refractivity contribution is 6.30. The molecule has 0 bridgehead atoms. The predicted molar refractivity (Wildman–Crippen MR) is 65.7 cm³/mol. The maximum absolute atomic E-state index is 5.77. The second-order valence-electron chi connectivity index (χ2n) is 3.13. The molecule has 0 saturated carbocycles. The summed E-state index contributed by atoms with van der Waals surface area (Å²) in [6.07, 6.45) is 0. The zero-order valence-corrected chi connectivity index (χ0v) is 10.2. The fraction of sp³-hybridized carbons (Fsp3) is 0.100. The number of nitrogens with one attached hydrogen (secondary N) is 1. The fourth-order valence-corrected chi connectivity index (χ4v) is 1.27. The Morgan fingerprint density at radius 3 is 2.39 bits per heavy atom. The minimum absolute atomic E-state index is 0.0668. The molecule has 3 N–H and O–H groups in total. The Labute approximate surface area is 108 Å². The zero-order chi connectivity index (χ0) is 13.0. The van der Waals surface area contributed by atoms with E-state index in [1.807, 2.05) is 0 Å². The molecule has 0 aliphatic rings. The number of anilines is 1. The van der Waals surface area contributed by atoms with Crippen molar-refractivity contribution < 1.29 is 9.47 Å². The average Bonchev–Trinajstić information content (AvgIpc) is 2.41. The quantitative estimate of drug-likeness (QED) is 0.642. The van der Waals surface area contributed by atoms with E-state index in [2.05, 4.69) is 20.4 Å². The summed E-state index contributed by atoms with van der Waals surface area (Å²) in [5.41, 5.74) is 2.29. The molecule has 8 heteroatoms. The third-order valence-corrected chi connectivity index (χ3v) is 2.18. The van der Waals surface area contributed by atoms with Gasteiger partial charge < -0.3 is 9.47 Å². The lowest BCUT2D eigenvalue weighted by molar-refractivity contribution is 0.360. The van der Waals surface area contributed by atoms with Gasteiger partial charge in [-0.2, -0.15) is 9.97 Å². The molecule has 2 aromatic rings. The standard InChI is InChI=1S/C10H10ClN5O2/c1-17-9-13-8(16-12)14-10(15-9)18-7-4-2-6(11)3-5-7/h2-5H,12H2,1H3,(H,13,14,15,16). The lowest BCUT2D eigenvalue weighted by Gasteiger charge is -2.06. The fourth-order valence-electron chi connectivity index (χ4n) is 1.15. The highest BCUT2D eigenvalue weighted by Gasteiger charge is 2.07. The third-order valence-electron chi connectivity index (χ3n) is 1.93. The Morgan fingerprint density at radius 1 is 1.11 bits per heavy atom. The van der Waals surface area contributed by atoms with Crippen LogP contribution >= 0.6 is 11.6 Å². The first kappa shape index (κ1) is 12.3.